The number of carbonyl (C=O) groups is 2. The zero-order chi connectivity index (χ0) is 21.6. The van der Waals surface area contributed by atoms with E-state index < -0.39 is 41.5 Å². The van der Waals surface area contributed by atoms with Crippen LogP contribution >= 0.6 is 23.2 Å². The fraction of sp³-hybridized carbons (Fsp3) is 0.222. The van der Waals surface area contributed by atoms with Gasteiger partial charge in [-0.2, -0.15) is 13.2 Å². The fourth-order valence-electron chi connectivity index (χ4n) is 3.15. The average molecular weight is 451 g/mol. The number of nitrogens with one attached hydrogen (secondary N) is 2. The van der Waals surface area contributed by atoms with Crippen molar-refractivity contribution in [1.29, 1.82) is 0 Å². The molecule has 2 aromatic carbocycles. The molecule has 5 nitrogen and oxygen atoms in total. The van der Waals surface area contributed by atoms with E-state index in [0.717, 1.165) is 24.3 Å². The van der Waals surface area contributed by atoms with Crippen molar-refractivity contribution in [1.82, 2.24) is 10.6 Å². The van der Waals surface area contributed by atoms with Crippen LogP contribution in [0.5, 0.6) is 0 Å². The van der Waals surface area contributed by atoms with E-state index in [-0.39, 0.29) is 21.2 Å². The first-order chi connectivity index (χ1) is 13.4. The molecule has 3 rings (SSSR count). The van der Waals surface area contributed by atoms with Crippen LogP contribution in [0.2, 0.25) is 10.0 Å². The molecule has 29 heavy (non-hydrogen) atoms. The molecular weight excluding hydrogens is 439 g/mol. The lowest BCUT2D eigenvalue weighted by molar-refractivity contribution is -0.287. The van der Waals surface area contributed by atoms with Crippen LogP contribution < -0.4 is 10.6 Å². The van der Waals surface area contributed by atoms with Crippen LogP contribution in [0.3, 0.4) is 0 Å². The van der Waals surface area contributed by atoms with Crippen LogP contribution in [0.4, 0.5) is 22.4 Å². The van der Waals surface area contributed by atoms with Crippen molar-refractivity contribution in [2.75, 3.05) is 0 Å². The summed E-state index contributed by atoms with van der Waals surface area (Å²) in [6.45, 7) is 0. The highest BCUT2D eigenvalue weighted by molar-refractivity contribution is 6.35. The molecule has 2 aromatic rings. The highest BCUT2D eigenvalue weighted by atomic mass is 35.5. The number of ketones is 1. The first-order valence-electron chi connectivity index (χ1n) is 8.06. The van der Waals surface area contributed by atoms with E-state index in [2.05, 4.69) is 5.32 Å². The molecule has 1 fully saturated rings. The Kier molecular flexibility index (Phi) is 5.50. The molecule has 0 unspecified atom stereocenters. The van der Waals surface area contributed by atoms with Gasteiger partial charge in [-0.05, 0) is 42.0 Å². The van der Waals surface area contributed by atoms with Crippen LogP contribution in [0.1, 0.15) is 22.0 Å². The zero-order valence-corrected chi connectivity index (χ0v) is 15.7. The maximum atomic E-state index is 13.8. The van der Waals surface area contributed by atoms with Gasteiger partial charge in [0.15, 0.2) is 5.78 Å². The van der Waals surface area contributed by atoms with Crippen molar-refractivity contribution < 1.29 is 32.3 Å². The highest BCUT2D eigenvalue weighted by Gasteiger charge is 2.66. The second-order valence-corrected chi connectivity index (χ2v) is 7.20. The van der Waals surface area contributed by atoms with Crippen LogP contribution in [0.25, 0.3) is 0 Å². The first-order valence-corrected chi connectivity index (χ1v) is 8.82. The van der Waals surface area contributed by atoms with Crippen molar-refractivity contribution >= 4 is 35.0 Å². The third kappa shape index (κ3) is 3.90. The Bertz CT molecular complexity index is 969. The SMILES string of the molecule is O=C1N[C@H](c2ccc(Cl)cc2Cl)[C@H](C(=O)c2ccc(F)cc2)[C@@](O)(C(F)(F)F)N1. The molecule has 1 aliphatic rings. The molecule has 0 bridgehead atoms. The van der Waals surface area contributed by atoms with E-state index in [9.17, 15) is 32.3 Å². The summed E-state index contributed by atoms with van der Waals surface area (Å²) < 4.78 is 54.5. The van der Waals surface area contributed by atoms with Crippen molar-refractivity contribution in [3.8, 4) is 0 Å². The molecule has 0 aliphatic carbocycles. The average Bonchev–Trinajstić information content (AvgIpc) is 2.60. The number of hydrogen-bond acceptors (Lipinski definition) is 3. The highest BCUT2D eigenvalue weighted by Crippen LogP contribution is 2.45. The van der Waals surface area contributed by atoms with E-state index in [1.165, 1.54) is 23.5 Å². The van der Waals surface area contributed by atoms with Gasteiger partial charge in [0.25, 0.3) is 0 Å². The van der Waals surface area contributed by atoms with Crippen molar-refractivity contribution in [3.63, 3.8) is 0 Å². The van der Waals surface area contributed by atoms with Gasteiger partial charge in [0, 0.05) is 15.6 Å². The predicted molar refractivity (Wildman–Crippen MR) is 96.1 cm³/mol. The van der Waals surface area contributed by atoms with E-state index in [0.29, 0.717) is 0 Å². The summed E-state index contributed by atoms with van der Waals surface area (Å²) in [7, 11) is 0. The van der Waals surface area contributed by atoms with E-state index in [1.54, 1.807) is 0 Å². The molecule has 1 heterocycles. The molecule has 1 aliphatic heterocycles. The molecule has 0 spiro atoms. The zero-order valence-electron chi connectivity index (χ0n) is 14.2. The molecule has 3 N–H and O–H groups in total. The van der Waals surface area contributed by atoms with Gasteiger partial charge in [-0.25, -0.2) is 9.18 Å². The monoisotopic (exact) mass is 450 g/mol. The third-order valence-corrected chi connectivity index (χ3v) is 5.08. The summed E-state index contributed by atoms with van der Waals surface area (Å²) in [5, 5.41) is 14.1. The molecule has 0 saturated carbocycles. The minimum absolute atomic E-state index is 0.0611. The number of urea groups is 1. The molecule has 11 heteroatoms. The number of halogens is 6. The molecular formula is C18H12Cl2F4N2O3. The lowest BCUT2D eigenvalue weighted by Gasteiger charge is -2.45. The van der Waals surface area contributed by atoms with Crippen LogP contribution in [0.15, 0.2) is 42.5 Å². The van der Waals surface area contributed by atoms with E-state index >= 15 is 0 Å². The molecule has 0 aromatic heterocycles. The van der Waals surface area contributed by atoms with Gasteiger partial charge in [0.2, 0.25) is 5.72 Å². The number of amides is 2. The van der Waals surface area contributed by atoms with E-state index in [1.807, 2.05) is 0 Å². The second-order valence-electron chi connectivity index (χ2n) is 6.35. The van der Waals surface area contributed by atoms with Gasteiger partial charge in [-0.3, -0.25) is 4.79 Å². The number of rotatable bonds is 3. The van der Waals surface area contributed by atoms with Crippen LogP contribution in [-0.2, 0) is 0 Å². The molecule has 0 radical (unpaired) electrons. The number of alkyl halides is 3. The smallest absolute Gasteiger partial charge is 0.363 e. The quantitative estimate of drug-likeness (QED) is 0.483. The summed E-state index contributed by atoms with van der Waals surface area (Å²) in [6, 6.07) is 4.49. The van der Waals surface area contributed by atoms with E-state index in [4.69, 9.17) is 23.2 Å². The number of Topliss-reactive ketones (excluding diaryl/α,β-unsaturated/α-hetero) is 1. The summed E-state index contributed by atoms with van der Waals surface area (Å²) in [5.74, 6) is -4.17. The molecule has 154 valence electrons. The van der Waals surface area contributed by atoms with Gasteiger partial charge < -0.3 is 15.7 Å². The third-order valence-electron chi connectivity index (χ3n) is 4.52. The molecule has 1 saturated heterocycles. The van der Waals surface area contributed by atoms with Crippen molar-refractivity contribution in [2.24, 2.45) is 5.92 Å². The summed E-state index contributed by atoms with van der Waals surface area (Å²) in [4.78, 5) is 24.9. The topological polar surface area (TPSA) is 78.4 Å². The minimum atomic E-state index is -5.41. The lowest BCUT2D eigenvalue weighted by Crippen LogP contribution is -2.72. The fourth-order valence-corrected chi connectivity index (χ4v) is 3.67. The number of aliphatic hydroxyl groups is 1. The second kappa shape index (κ2) is 7.47. The van der Waals surface area contributed by atoms with Gasteiger partial charge in [0.1, 0.15) is 11.7 Å². The van der Waals surface area contributed by atoms with Gasteiger partial charge in [-0.1, -0.05) is 29.3 Å². The normalized spacial score (nSPS) is 24.6. The van der Waals surface area contributed by atoms with Crippen molar-refractivity contribution in [2.45, 2.75) is 17.9 Å². The Morgan fingerprint density at radius 2 is 1.72 bits per heavy atom. The molecule has 3 atom stereocenters. The maximum absolute atomic E-state index is 13.8. The first kappa shape index (κ1) is 21.4. The summed E-state index contributed by atoms with van der Waals surface area (Å²) >= 11 is 11.9. The maximum Gasteiger partial charge on any atom is 0.437 e. The van der Waals surface area contributed by atoms with Gasteiger partial charge >= 0.3 is 12.2 Å². The minimum Gasteiger partial charge on any atom is -0.363 e. The Labute approximate surface area is 171 Å². The van der Waals surface area contributed by atoms with Crippen molar-refractivity contribution in [3.05, 3.63) is 69.5 Å². The Hall–Kier alpha value is -2.36. The summed E-state index contributed by atoms with van der Waals surface area (Å²) in [6.07, 6.45) is -5.41. The Morgan fingerprint density at radius 1 is 1.10 bits per heavy atom. The lowest BCUT2D eigenvalue weighted by atomic mass is 9.77. The number of carbonyl (C=O) groups excluding carboxylic acids is 2. The molecule has 2 amide bonds. The number of benzene rings is 2. The summed E-state index contributed by atoms with van der Waals surface area (Å²) in [5.41, 5.74) is -4.27. The van der Waals surface area contributed by atoms with Gasteiger partial charge in [-0.15, -0.1) is 0 Å². The standard InChI is InChI=1S/C18H12Cl2F4N2O3/c19-9-3-6-11(12(20)7-9)14-13(15(27)8-1-4-10(21)5-2-8)17(29,18(22,23)24)26-16(28)25-14/h1-7,13-14,29H,(H2,25,26,28)/t13-,14-,17-/m1/s1. The van der Waals surface area contributed by atoms with Crippen LogP contribution in [0, 0.1) is 11.7 Å². The Morgan fingerprint density at radius 3 is 2.28 bits per heavy atom. The van der Waals surface area contributed by atoms with Crippen LogP contribution in [-0.4, -0.2) is 28.8 Å². The Balaban J connectivity index is 2.19. The number of hydrogen-bond donors (Lipinski definition) is 3. The predicted octanol–water partition coefficient (Wildman–Crippen LogP) is 4.24. The largest absolute Gasteiger partial charge is 0.437 e. The van der Waals surface area contributed by atoms with Gasteiger partial charge in [0.05, 0.1) is 6.04 Å².